The van der Waals surface area contributed by atoms with Crippen LogP contribution >= 0.6 is 0 Å². The molecule has 0 saturated heterocycles. The van der Waals surface area contributed by atoms with Crippen LogP contribution in [0.3, 0.4) is 0 Å². The lowest BCUT2D eigenvalue weighted by Crippen LogP contribution is -2.58. The maximum atomic E-state index is 12.5. The molecule has 0 radical (unpaired) electrons. The van der Waals surface area contributed by atoms with Crippen molar-refractivity contribution in [1.82, 2.24) is 0 Å². The fourth-order valence-electron chi connectivity index (χ4n) is 7.13. The second kappa shape index (κ2) is 5.15. The van der Waals surface area contributed by atoms with Crippen molar-refractivity contribution in [2.45, 2.75) is 65.2 Å². The van der Waals surface area contributed by atoms with Crippen LogP contribution in [0.25, 0.3) is 0 Å². The fraction of sp³-hybridized carbons (Fsp3) is 0.850. The molecule has 0 spiro atoms. The molecule has 4 heteroatoms. The summed E-state index contributed by atoms with van der Waals surface area (Å²) in [7, 11) is 0. The number of hydrogen-bond acceptors (Lipinski definition) is 3. The molecule has 0 aliphatic heterocycles. The Labute approximate surface area is 143 Å². The summed E-state index contributed by atoms with van der Waals surface area (Å²) >= 11 is 0. The zero-order chi connectivity index (χ0) is 17.3. The quantitative estimate of drug-likeness (QED) is 0.802. The maximum absolute atomic E-state index is 12.5. The first-order chi connectivity index (χ1) is 11.3. The van der Waals surface area contributed by atoms with Crippen LogP contribution in [-0.4, -0.2) is 17.5 Å². The minimum absolute atomic E-state index is 0.136. The number of ketones is 2. The molecule has 0 aromatic heterocycles. The Balaban J connectivity index is 1.75. The van der Waals surface area contributed by atoms with Crippen molar-refractivity contribution < 1.29 is 14.4 Å². The fourth-order valence-corrected chi connectivity index (χ4v) is 7.13. The van der Waals surface area contributed by atoms with Crippen LogP contribution in [0.1, 0.15) is 65.2 Å². The largest absolute Gasteiger partial charge is 0.369 e. The summed E-state index contributed by atoms with van der Waals surface area (Å²) in [5.41, 5.74) is 5.71. The average Bonchev–Trinajstić information content (AvgIpc) is 2.83. The molecule has 7 atom stereocenters. The molecule has 0 heterocycles. The van der Waals surface area contributed by atoms with E-state index in [0.29, 0.717) is 48.6 Å². The minimum atomic E-state index is -0.247. The maximum Gasteiger partial charge on any atom is 0.220 e. The van der Waals surface area contributed by atoms with Gasteiger partial charge in [0.2, 0.25) is 5.91 Å². The summed E-state index contributed by atoms with van der Waals surface area (Å²) in [5.74, 6) is 1.63. The van der Waals surface area contributed by atoms with Gasteiger partial charge in [-0.05, 0) is 61.2 Å². The highest BCUT2D eigenvalue weighted by Crippen LogP contribution is 2.66. The normalized spacial score (nSPS) is 50.8. The third-order valence-corrected chi connectivity index (χ3v) is 8.61. The number of fused-ring (bicyclic) bond motifs is 5. The topological polar surface area (TPSA) is 77.2 Å². The second-order valence-electron chi connectivity index (χ2n) is 9.40. The third-order valence-electron chi connectivity index (χ3n) is 8.61. The molecule has 4 aliphatic carbocycles. The van der Waals surface area contributed by atoms with Gasteiger partial charge in [-0.2, -0.15) is 0 Å². The highest BCUT2D eigenvalue weighted by atomic mass is 16.1. The van der Waals surface area contributed by atoms with E-state index in [1.807, 2.05) is 0 Å². The van der Waals surface area contributed by atoms with Gasteiger partial charge in [0, 0.05) is 30.6 Å². The lowest BCUT2D eigenvalue weighted by Gasteiger charge is -2.61. The van der Waals surface area contributed by atoms with E-state index in [0.717, 1.165) is 32.1 Å². The molecule has 0 aromatic carbocycles. The first-order valence-corrected chi connectivity index (χ1v) is 9.61. The van der Waals surface area contributed by atoms with Crippen molar-refractivity contribution >= 4 is 17.5 Å². The molecule has 4 nitrogen and oxygen atoms in total. The summed E-state index contributed by atoms with van der Waals surface area (Å²) in [6.07, 6.45) is 6.52. The number of primary amides is 1. The van der Waals surface area contributed by atoms with Gasteiger partial charge in [-0.15, -0.1) is 0 Å². The molecule has 24 heavy (non-hydrogen) atoms. The molecule has 4 rings (SSSR count). The molecule has 0 aromatic rings. The smallest absolute Gasteiger partial charge is 0.220 e. The van der Waals surface area contributed by atoms with Crippen LogP contribution in [0.4, 0.5) is 0 Å². The van der Waals surface area contributed by atoms with Gasteiger partial charge in [-0.25, -0.2) is 0 Å². The van der Waals surface area contributed by atoms with Gasteiger partial charge in [0.1, 0.15) is 11.6 Å². The van der Waals surface area contributed by atoms with Crippen LogP contribution in [0.15, 0.2) is 0 Å². The lowest BCUT2D eigenvalue weighted by atomic mass is 9.43. The number of amides is 1. The van der Waals surface area contributed by atoms with Gasteiger partial charge in [-0.3, -0.25) is 14.4 Å². The zero-order valence-corrected chi connectivity index (χ0v) is 14.8. The first kappa shape index (κ1) is 16.3. The van der Waals surface area contributed by atoms with Crippen LogP contribution in [0.2, 0.25) is 0 Å². The highest BCUT2D eigenvalue weighted by molar-refractivity contribution is 5.87. The van der Waals surface area contributed by atoms with Crippen molar-refractivity contribution in [3.63, 3.8) is 0 Å². The molecule has 1 unspecified atom stereocenters. The van der Waals surface area contributed by atoms with Gasteiger partial charge in [0.25, 0.3) is 0 Å². The number of rotatable bonds is 1. The number of carbonyl (C=O) groups excluding carboxylic acids is 3. The van der Waals surface area contributed by atoms with E-state index in [1.165, 1.54) is 0 Å². The van der Waals surface area contributed by atoms with E-state index in [1.54, 1.807) is 0 Å². The minimum Gasteiger partial charge on any atom is -0.369 e. The Hall–Kier alpha value is -1.19. The molecule has 2 N–H and O–H groups in total. The van der Waals surface area contributed by atoms with Gasteiger partial charge >= 0.3 is 0 Å². The van der Waals surface area contributed by atoms with E-state index in [9.17, 15) is 14.4 Å². The Morgan fingerprint density at radius 3 is 2.54 bits per heavy atom. The van der Waals surface area contributed by atoms with E-state index in [-0.39, 0.29) is 28.6 Å². The van der Waals surface area contributed by atoms with Gasteiger partial charge in [0.15, 0.2) is 0 Å². The van der Waals surface area contributed by atoms with E-state index in [4.69, 9.17) is 5.73 Å². The van der Waals surface area contributed by atoms with Crippen LogP contribution in [0.5, 0.6) is 0 Å². The van der Waals surface area contributed by atoms with Crippen molar-refractivity contribution in [2.24, 2.45) is 46.2 Å². The molecule has 132 valence electrons. The van der Waals surface area contributed by atoms with E-state index >= 15 is 0 Å². The average molecular weight is 331 g/mol. The first-order valence-electron chi connectivity index (χ1n) is 9.61. The molecule has 4 fully saturated rings. The summed E-state index contributed by atoms with van der Waals surface area (Å²) < 4.78 is 0. The highest BCUT2D eigenvalue weighted by Gasteiger charge is 2.63. The standard InChI is InChI=1S/C20H29NO3/c1-19-7-5-12(22)9-11(19)10-13(18(21)24)17-14-3-4-16(23)20(14,2)8-6-15(17)19/h11,13-15,17H,3-10H2,1-2H3,(H2,21,24)/t11?,13-,14+,15+,17+,19+,20+/m1/s1. The molecular weight excluding hydrogens is 302 g/mol. The van der Waals surface area contributed by atoms with Crippen molar-refractivity contribution in [3.05, 3.63) is 0 Å². The predicted octanol–water partition coefficient (Wildman–Crippen LogP) is 2.88. The third kappa shape index (κ3) is 2.01. The number of carbonyl (C=O) groups is 3. The Bertz CT molecular complexity index is 614. The van der Waals surface area contributed by atoms with Crippen LogP contribution in [-0.2, 0) is 14.4 Å². The van der Waals surface area contributed by atoms with Gasteiger partial charge in [-0.1, -0.05) is 13.8 Å². The van der Waals surface area contributed by atoms with Gasteiger partial charge in [0.05, 0.1) is 0 Å². The summed E-state index contributed by atoms with van der Waals surface area (Å²) in [4.78, 5) is 36.8. The van der Waals surface area contributed by atoms with Crippen LogP contribution < -0.4 is 5.73 Å². The zero-order valence-electron chi connectivity index (χ0n) is 14.8. The molecular formula is C20H29NO3. The summed E-state index contributed by atoms with van der Waals surface area (Å²) in [5, 5.41) is 0. The predicted molar refractivity (Wildman–Crippen MR) is 89.8 cm³/mol. The van der Waals surface area contributed by atoms with E-state index in [2.05, 4.69) is 13.8 Å². The van der Waals surface area contributed by atoms with Crippen molar-refractivity contribution in [2.75, 3.05) is 0 Å². The lowest BCUT2D eigenvalue weighted by molar-refractivity contribution is -0.161. The van der Waals surface area contributed by atoms with E-state index < -0.39 is 0 Å². The number of nitrogens with two attached hydrogens (primary N) is 1. The summed E-state index contributed by atoms with van der Waals surface area (Å²) in [6, 6.07) is 0. The van der Waals surface area contributed by atoms with Crippen molar-refractivity contribution in [1.29, 1.82) is 0 Å². The summed E-state index contributed by atoms with van der Waals surface area (Å²) in [6.45, 7) is 4.47. The molecule has 4 saturated carbocycles. The van der Waals surface area contributed by atoms with Gasteiger partial charge < -0.3 is 5.73 Å². The second-order valence-corrected chi connectivity index (χ2v) is 9.40. The Morgan fingerprint density at radius 1 is 1.08 bits per heavy atom. The molecule has 1 amide bonds. The Morgan fingerprint density at radius 2 is 1.83 bits per heavy atom. The number of hydrogen-bond donors (Lipinski definition) is 1. The van der Waals surface area contributed by atoms with Crippen LogP contribution in [0, 0.1) is 40.4 Å². The SMILES string of the molecule is C[C@]12CCC(=O)CC1C[C@@H](C(N)=O)[C@@H]1[C@@H]2CC[C@]2(C)C(=O)CC[C@@H]12. The molecule has 0 bridgehead atoms. The monoisotopic (exact) mass is 331 g/mol. The van der Waals surface area contributed by atoms with Crippen molar-refractivity contribution in [3.8, 4) is 0 Å². The molecule has 4 aliphatic rings. The number of Topliss-reactive ketones (excluding diaryl/α,β-unsaturated/α-hetero) is 2. The Kier molecular flexibility index (Phi) is 3.50.